The Kier molecular flexibility index (Phi) is 3.85. The van der Waals surface area contributed by atoms with Gasteiger partial charge in [0.25, 0.3) is 0 Å². The average molecular weight is 283 g/mol. The third-order valence-corrected chi connectivity index (χ3v) is 3.84. The van der Waals surface area contributed by atoms with Gasteiger partial charge in [-0.2, -0.15) is 0 Å². The monoisotopic (exact) mass is 282 g/mol. The van der Waals surface area contributed by atoms with Gasteiger partial charge in [-0.3, -0.25) is 0 Å². The topological polar surface area (TPSA) is 15.6 Å². The van der Waals surface area contributed by atoms with Crippen LogP contribution in [-0.4, -0.2) is 23.3 Å². The van der Waals surface area contributed by atoms with Crippen molar-refractivity contribution in [3.8, 4) is 0 Å². The van der Waals surface area contributed by atoms with Crippen LogP contribution in [0.2, 0.25) is 0 Å². The maximum absolute atomic E-state index is 4.62. The molecular weight excluding hydrogens is 264 g/mol. The summed E-state index contributed by atoms with van der Waals surface area (Å²) in [5.74, 6) is 1.24. The smallest absolute Gasteiger partial charge is 0.108 e. The fourth-order valence-electron chi connectivity index (χ4n) is 2.39. The summed E-state index contributed by atoms with van der Waals surface area (Å²) in [5, 5.41) is 0. The summed E-state index contributed by atoms with van der Waals surface area (Å²) < 4.78 is 1.09. The lowest BCUT2D eigenvalue weighted by molar-refractivity contribution is 0.408. The standard InChI is InChI=1S/C13H19BrN2/c1-3-11-7-12(14)9-15-13(8-11)16-6-4-5-10(16)2/h7,9-10H,3-6,8H2,1-2H3/t10-/m0/s1. The number of hydrogen-bond donors (Lipinski definition) is 0. The van der Waals surface area contributed by atoms with Gasteiger partial charge in [-0.05, 0) is 48.2 Å². The van der Waals surface area contributed by atoms with Crippen LogP contribution < -0.4 is 0 Å². The van der Waals surface area contributed by atoms with Crippen LogP contribution in [0.4, 0.5) is 0 Å². The SMILES string of the molecule is CCC1=CC(Br)=CN=C(N2CCC[C@@H]2C)C1. The van der Waals surface area contributed by atoms with E-state index < -0.39 is 0 Å². The normalized spacial score (nSPS) is 26.1. The molecule has 0 aromatic carbocycles. The second kappa shape index (κ2) is 5.17. The van der Waals surface area contributed by atoms with E-state index in [4.69, 9.17) is 0 Å². The average Bonchev–Trinajstić information content (AvgIpc) is 2.59. The minimum Gasteiger partial charge on any atom is -0.357 e. The Bertz CT molecular complexity index is 355. The van der Waals surface area contributed by atoms with Crippen LogP contribution in [0.3, 0.4) is 0 Å². The predicted molar refractivity (Wildman–Crippen MR) is 72.8 cm³/mol. The van der Waals surface area contributed by atoms with Crippen molar-refractivity contribution in [2.75, 3.05) is 6.54 Å². The Morgan fingerprint density at radius 1 is 1.56 bits per heavy atom. The van der Waals surface area contributed by atoms with Gasteiger partial charge in [-0.25, -0.2) is 4.99 Å². The van der Waals surface area contributed by atoms with E-state index in [1.807, 2.05) is 6.20 Å². The highest BCUT2D eigenvalue weighted by atomic mass is 79.9. The minimum absolute atomic E-state index is 0.655. The van der Waals surface area contributed by atoms with Crippen LogP contribution in [-0.2, 0) is 0 Å². The molecule has 0 N–H and O–H groups in total. The molecule has 2 aliphatic rings. The van der Waals surface area contributed by atoms with E-state index in [1.165, 1.54) is 30.8 Å². The molecule has 0 aromatic rings. The highest BCUT2D eigenvalue weighted by Gasteiger charge is 2.24. The molecule has 2 aliphatic heterocycles. The molecule has 1 atom stereocenters. The summed E-state index contributed by atoms with van der Waals surface area (Å²) in [6.45, 7) is 5.68. The number of allylic oxidation sites excluding steroid dienone is 2. The lowest BCUT2D eigenvalue weighted by Crippen LogP contribution is -2.33. The molecule has 2 heterocycles. The quantitative estimate of drug-likeness (QED) is 0.713. The Morgan fingerprint density at radius 3 is 3.00 bits per heavy atom. The molecule has 0 radical (unpaired) electrons. The van der Waals surface area contributed by atoms with Crippen molar-refractivity contribution < 1.29 is 0 Å². The number of amidine groups is 1. The summed E-state index contributed by atoms with van der Waals surface area (Å²) >= 11 is 3.53. The third kappa shape index (κ3) is 2.57. The summed E-state index contributed by atoms with van der Waals surface area (Å²) in [7, 11) is 0. The Labute approximate surface area is 106 Å². The van der Waals surface area contributed by atoms with Gasteiger partial charge in [0.1, 0.15) is 5.84 Å². The molecule has 0 spiro atoms. The van der Waals surface area contributed by atoms with Crippen molar-refractivity contribution in [3.05, 3.63) is 22.3 Å². The molecule has 3 heteroatoms. The summed E-state index contributed by atoms with van der Waals surface area (Å²) in [6.07, 6.45) is 8.85. The zero-order valence-electron chi connectivity index (χ0n) is 10.0. The first-order valence-electron chi connectivity index (χ1n) is 6.09. The Morgan fingerprint density at radius 2 is 2.38 bits per heavy atom. The van der Waals surface area contributed by atoms with E-state index in [2.05, 4.69) is 45.7 Å². The first kappa shape index (κ1) is 11.9. The molecule has 2 nitrogen and oxygen atoms in total. The molecular formula is C13H19BrN2. The summed E-state index contributed by atoms with van der Waals surface area (Å²) in [5.41, 5.74) is 1.46. The molecule has 0 amide bonds. The molecule has 0 unspecified atom stereocenters. The fraction of sp³-hybridized carbons (Fsp3) is 0.615. The fourth-order valence-corrected chi connectivity index (χ4v) is 2.81. The highest BCUT2D eigenvalue weighted by molar-refractivity contribution is 9.11. The molecule has 0 aliphatic carbocycles. The van der Waals surface area contributed by atoms with Crippen molar-refractivity contribution in [2.24, 2.45) is 4.99 Å². The molecule has 1 saturated heterocycles. The van der Waals surface area contributed by atoms with Crippen LogP contribution in [0.15, 0.2) is 27.3 Å². The van der Waals surface area contributed by atoms with Gasteiger partial charge < -0.3 is 4.90 Å². The Hall–Kier alpha value is -0.570. The predicted octanol–water partition coefficient (Wildman–Crippen LogP) is 3.85. The maximum atomic E-state index is 4.62. The van der Waals surface area contributed by atoms with E-state index in [1.54, 1.807) is 0 Å². The van der Waals surface area contributed by atoms with Gasteiger partial charge in [-0.15, -0.1) is 0 Å². The van der Waals surface area contributed by atoms with Crippen LogP contribution in [0.1, 0.15) is 39.5 Å². The number of aliphatic imine (C=N–C) groups is 1. The second-order valence-corrected chi connectivity index (χ2v) is 5.49. The lowest BCUT2D eigenvalue weighted by Gasteiger charge is -2.25. The van der Waals surface area contributed by atoms with Crippen molar-refractivity contribution in [1.82, 2.24) is 4.90 Å². The number of nitrogens with zero attached hydrogens (tertiary/aromatic N) is 2. The first-order chi connectivity index (χ1) is 7.70. The van der Waals surface area contributed by atoms with Crippen molar-refractivity contribution in [2.45, 2.75) is 45.6 Å². The van der Waals surface area contributed by atoms with E-state index in [-0.39, 0.29) is 0 Å². The van der Waals surface area contributed by atoms with Crippen LogP contribution in [0, 0.1) is 0 Å². The van der Waals surface area contributed by atoms with Crippen molar-refractivity contribution >= 4 is 21.8 Å². The minimum atomic E-state index is 0.655. The number of hydrogen-bond acceptors (Lipinski definition) is 2. The molecule has 16 heavy (non-hydrogen) atoms. The van der Waals surface area contributed by atoms with E-state index >= 15 is 0 Å². The number of likely N-dealkylation sites (tertiary alicyclic amines) is 1. The molecule has 1 fully saturated rings. The third-order valence-electron chi connectivity index (χ3n) is 3.40. The van der Waals surface area contributed by atoms with Gasteiger partial charge in [0, 0.05) is 29.7 Å². The molecule has 0 bridgehead atoms. The highest BCUT2D eigenvalue weighted by Crippen LogP contribution is 2.24. The number of rotatable bonds is 1. The Balaban J connectivity index is 2.19. The van der Waals surface area contributed by atoms with Crippen molar-refractivity contribution in [3.63, 3.8) is 0 Å². The summed E-state index contributed by atoms with van der Waals surface area (Å²) in [4.78, 5) is 7.08. The van der Waals surface area contributed by atoms with Crippen LogP contribution in [0.25, 0.3) is 0 Å². The molecule has 0 saturated carbocycles. The van der Waals surface area contributed by atoms with Gasteiger partial charge in [0.05, 0.1) is 0 Å². The lowest BCUT2D eigenvalue weighted by atomic mass is 10.1. The van der Waals surface area contributed by atoms with Gasteiger partial charge in [0.2, 0.25) is 0 Å². The molecule has 2 rings (SSSR count). The van der Waals surface area contributed by atoms with Crippen LogP contribution in [0.5, 0.6) is 0 Å². The zero-order chi connectivity index (χ0) is 11.5. The molecule has 0 aromatic heterocycles. The largest absolute Gasteiger partial charge is 0.357 e. The van der Waals surface area contributed by atoms with Crippen molar-refractivity contribution in [1.29, 1.82) is 0 Å². The van der Waals surface area contributed by atoms with E-state index in [9.17, 15) is 0 Å². The molecule has 88 valence electrons. The maximum Gasteiger partial charge on any atom is 0.108 e. The van der Waals surface area contributed by atoms with E-state index in [0.717, 1.165) is 17.3 Å². The van der Waals surface area contributed by atoms with Gasteiger partial charge in [-0.1, -0.05) is 12.5 Å². The zero-order valence-corrected chi connectivity index (χ0v) is 11.6. The second-order valence-electron chi connectivity index (χ2n) is 4.58. The van der Waals surface area contributed by atoms with E-state index in [0.29, 0.717) is 6.04 Å². The van der Waals surface area contributed by atoms with Gasteiger partial charge in [0.15, 0.2) is 0 Å². The first-order valence-corrected chi connectivity index (χ1v) is 6.88. The van der Waals surface area contributed by atoms with Crippen LogP contribution >= 0.6 is 15.9 Å². The van der Waals surface area contributed by atoms with Gasteiger partial charge >= 0.3 is 0 Å². The number of halogens is 1. The summed E-state index contributed by atoms with van der Waals surface area (Å²) in [6, 6.07) is 0.655.